The van der Waals surface area contributed by atoms with Gasteiger partial charge in [-0.3, -0.25) is 0 Å². The van der Waals surface area contributed by atoms with Gasteiger partial charge in [0.05, 0.1) is 0 Å². The first-order valence-electron chi connectivity index (χ1n) is 6.89. The average molecular weight is 228 g/mol. The molecule has 2 bridgehead atoms. The SMILES string of the molecule is CC1(C)C2C=CC=CC1/C=C/CCCC/C=C\2. The summed E-state index contributed by atoms with van der Waals surface area (Å²) in [5.74, 6) is 1.09. The first-order chi connectivity index (χ1) is 8.21. The molecule has 0 fully saturated rings. The lowest BCUT2D eigenvalue weighted by Crippen LogP contribution is -2.27. The molecule has 2 unspecified atom stereocenters. The van der Waals surface area contributed by atoms with Gasteiger partial charge in [0.1, 0.15) is 0 Å². The molecular formula is C17H24. The van der Waals surface area contributed by atoms with E-state index in [9.17, 15) is 0 Å². The Morgan fingerprint density at radius 1 is 0.765 bits per heavy atom. The maximum Gasteiger partial charge on any atom is 0.000950 e. The van der Waals surface area contributed by atoms with E-state index in [1.807, 2.05) is 0 Å². The minimum absolute atomic E-state index is 0.279. The summed E-state index contributed by atoms with van der Waals surface area (Å²) < 4.78 is 0. The predicted molar refractivity (Wildman–Crippen MR) is 75.8 cm³/mol. The Balaban J connectivity index is 2.31. The second kappa shape index (κ2) is 5.53. The van der Waals surface area contributed by atoms with Crippen molar-refractivity contribution in [3.63, 3.8) is 0 Å². The fraction of sp³-hybridized carbons (Fsp3) is 0.529. The zero-order chi connectivity index (χ0) is 12.1. The quantitative estimate of drug-likeness (QED) is 0.508. The maximum atomic E-state index is 2.41. The Kier molecular flexibility index (Phi) is 4.04. The van der Waals surface area contributed by atoms with Gasteiger partial charge in [0.25, 0.3) is 0 Å². The van der Waals surface area contributed by atoms with Crippen LogP contribution in [0.5, 0.6) is 0 Å². The van der Waals surface area contributed by atoms with E-state index in [0.29, 0.717) is 11.8 Å². The largest absolute Gasteiger partial charge is 0.0879 e. The van der Waals surface area contributed by atoms with Crippen LogP contribution in [0.2, 0.25) is 0 Å². The molecule has 2 atom stereocenters. The summed E-state index contributed by atoms with van der Waals surface area (Å²) in [7, 11) is 0. The summed E-state index contributed by atoms with van der Waals surface area (Å²) in [6.45, 7) is 4.77. The van der Waals surface area contributed by atoms with Crippen LogP contribution in [-0.4, -0.2) is 0 Å². The highest BCUT2D eigenvalue weighted by atomic mass is 14.4. The predicted octanol–water partition coefficient (Wildman–Crippen LogP) is 5.06. The Morgan fingerprint density at radius 3 is 1.71 bits per heavy atom. The van der Waals surface area contributed by atoms with E-state index >= 15 is 0 Å². The van der Waals surface area contributed by atoms with Crippen LogP contribution in [0, 0.1) is 17.3 Å². The normalized spacial score (nSPS) is 35.6. The lowest BCUT2D eigenvalue weighted by molar-refractivity contribution is 0.250. The van der Waals surface area contributed by atoms with Crippen LogP contribution in [0.15, 0.2) is 48.6 Å². The second-order valence-electron chi connectivity index (χ2n) is 5.78. The highest BCUT2D eigenvalue weighted by Gasteiger charge is 2.32. The third kappa shape index (κ3) is 3.00. The van der Waals surface area contributed by atoms with Crippen LogP contribution < -0.4 is 0 Å². The van der Waals surface area contributed by atoms with Gasteiger partial charge < -0.3 is 0 Å². The van der Waals surface area contributed by atoms with Gasteiger partial charge in [0, 0.05) is 11.8 Å². The molecule has 0 spiro atoms. The summed E-state index contributed by atoms with van der Waals surface area (Å²) in [5, 5.41) is 0. The van der Waals surface area contributed by atoms with Crippen molar-refractivity contribution in [2.75, 3.05) is 0 Å². The van der Waals surface area contributed by atoms with E-state index in [4.69, 9.17) is 0 Å². The van der Waals surface area contributed by atoms with Crippen LogP contribution >= 0.6 is 0 Å². The fourth-order valence-corrected chi connectivity index (χ4v) is 2.72. The summed E-state index contributed by atoms with van der Waals surface area (Å²) in [6, 6.07) is 0. The van der Waals surface area contributed by atoms with E-state index in [1.54, 1.807) is 0 Å². The van der Waals surface area contributed by atoms with Gasteiger partial charge in [-0.15, -0.1) is 0 Å². The molecule has 0 aliphatic heterocycles. The monoisotopic (exact) mass is 228 g/mol. The first-order valence-corrected chi connectivity index (χ1v) is 6.89. The Bertz CT molecular complexity index is 318. The van der Waals surface area contributed by atoms with E-state index in [-0.39, 0.29) is 5.41 Å². The molecule has 2 aliphatic carbocycles. The van der Waals surface area contributed by atoms with Crippen LogP contribution in [0.25, 0.3) is 0 Å². The topological polar surface area (TPSA) is 0 Å². The molecule has 92 valence electrons. The molecule has 0 heteroatoms. The lowest BCUT2D eigenvalue weighted by Gasteiger charge is -2.35. The molecule has 2 aliphatic rings. The standard InChI is InChI=1S/C17H24/c1-17(2)15-11-7-5-3-4-6-8-12-16(17)14-10-9-13-15/h7-16H,3-6H2,1-2H3/b11-7-,12-8+. The van der Waals surface area contributed by atoms with Crippen LogP contribution in [-0.2, 0) is 0 Å². The van der Waals surface area contributed by atoms with Crippen molar-refractivity contribution in [3.05, 3.63) is 48.6 Å². The van der Waals surface area contributed by atoms with Crippen molar-refractivity contribution in [1.29, 1.82) is 0 Å². The third-order valence-corrected chi connectivity index (χ3v) is 4.14. The average Bonchev–Trinajstić information content (AvgIpc) is 2.45. The highest BCUT2D eigenvalue weighted by molar-refractivity contribution is 5.22. The lowest BCUT2D eigenvalue weighted by atomic mass is 9.69. The minimum atomic E-state index is 0.279. The Morgan fingerprint density at radius 2 is 1.24 bits per heavy atom. The van der Waals surface area contributed by atoms with E-state index in [2.05, 4.69) is 62.5 Å². The number of hydrogen-bond acceptors (Lipinski definition) is 0. The molecule has 17 heavy (non-hydrogen) atoms. The molecule has 0 aromatic heterocycles. The van der Waals surface area contributed by atoms with E-state index in [0.717, 1.165) is 0 Å². The van der Waals surface area contributed by atoms with Gasteiger partial charge in [-0.05, 0) is 31.1 Å². The van der Waals surface area contributed by atoms with Crippen molar-refractivity contribution in [3.8, 4) is 0 Å². The second-order valence-corrected chi connectivity index (χ2v) is 5.78. The zero-order valence-corrected chi connectivity index (χ0v) is 11.1. The van der Waals surface area contributed by atoms with Gasteiger partial charge in [0.2, 0.25) is 0 Å². The highest BCUT2D eigenvalue weighted by Crippen LogP contribution is 2.40. The molecule has 0 aromatic rings. The number of hydrogen-bond donors (Lipinski definition) is 0. The summed E-state index contributed by atoms with van der Waals surface area (Å²) in [4.78, 5) is 0. The maximum absolute atomic E-state index is 2.41. The van der Waals surface area contributed by atoms with Crippen molar-refractivity contribution in [2.24, 2.45) is 17.3 Å². The molecule has 0 heterocycles. The van der Waals surface area contributed by atoms with Gasteiger partial charge in [-0.1, -0.05) is 62.5 Å². The fourth-order valence-electron chi connectivity index (χ4n) is 2.72. The molecule has 0 aromatic carbocycles. The van der Waals surface area contributed by atoms with Crippen molar-refractivity contribution < 1.29 is 0 Å². The van der Waals surface area contributed by atoms with Crippen molar-refractivity contribution >= 4 is 0 Å². The van der Waals surface area contributed by atoms with Crippen LogP contribution in [0.4, 0.5) is 0 Å². The van der Waals surface area contributed by atoms with Crippen LogP contribution in [0.3, 0.4) is 0 Å². The van der Waals surface area contributed by atoms with Crippen molar-refractivity contribution in [2.45, 2.75) is 39.5 Å². The minimum Gasteiger partial charge on any atom is -0.0879 e. The molecule has 0 saturated heterocycles. The number of allylic oxidation sites excluding steroid dienone is 8. The van der Waals surface area contributed by atoms with E-state index in [1.165, 1.54) is 25.7 Å². The zero-order valence-electron chi connectivity index (χ0n) is 11.1. The van der Waals surface area contributed by atoms with Gasteiger partial charge in [0.15, 0.2) is 0 Å². The van der Waals surface area contributed by atoms with Crippen molar-refractivity contribution in [1.82, 2.24) is 0 Å². The number of rotatable bonds is 0. The van der Waals surface area contributed by atoms with Gasteiger partial charge >= 0.3 is 0 Å². The van der Waals surface area contributed by atoms with Gasteiger partial charge in [-0.2, -0.15) is 0 Å². The smallest absolute Gasteiger partial charge is 0.000950 e. The molecule has 0 N–H and O–H groups in total. The number of fused-ring (bicyclic) bond motifs is 2. The first kappa shape index (κ1) is 12.4. The molecule has 0 radical (unpaired) electrons. The van der Waals surface area contributed by atoms with E-state index < -0.39 is 0 Å². The van der Waals surface area contributed by atoms with Crippen LogP contribution in [0.1, 0.15) is 39.5 Å². The Hall–Kier alpha value is -1.04. The van der Waals surface area contributed by atoms with Gasteiger partial charge in [-0.25, -0.2) is 0 Å². The molecule has 0 nitrogen and oxygen atoms in total. The molecular weight excluding hydrogens is 204 g/mol. The third-order valence-electron chi connectivity index (χ3n) is 4.14. The summed E-state index contributed by atoms with van der Waals surface area (Å²) >= 11 is 0. The Labute approximate surface area is 106 Å². The molecule has 0 saturated carbocycles. The molecule has 2 rings (SSSR count). The summed E-state index contributed by atoms with van der Waals surface area (Å²) in [5.41, 5.74) is 0.279. The molecule has 0 amide bonds. The summed E-state index contributed by atoms with van der Waals surface area (Å²) in [6.07, 6.45) is 23.8.